The summed E-state index contributed by atoms with van der Waals surface area (Å²) in [7, 11) is 0. The zero-order chi connectivity index (χ0) is 17.5. The third-order valence-electron chi connectivity index (χ3n) is 4.01. The number of rotatable bonds is 8. The van der Waals surface area contributed by atoms with E-state index in [9.17, 15) is 15.3 Å². The van der Waals surface area contributed by atoms with Crippen LogP contribution in [-0.2, 0) is 12.8 Å². The molecule has 0 unspecified atom stereocenters. The van der Waals surface area contributed by atoms with E-state index in [0.717, 1.165) is 48.8 Å². The summed E-state index contributed by atoms with van der Waals surface area (Å²) in [5, 5.41) is 28.1. The van der Waals surface area contributed by atoms with Gasteiger partial charge in [-0.1, -0.05) is 42.5 Å². The second kappa shape index (κ2) is 8.25. The number of phenols is 3. The van der Waals surface area contributed by atoms with Crippen LogP contribution in [0.2, 0.25) is 0 Å². The summed E-state index contributed by atoms with van der Waals surface area (Å²) >= 11 is 0. The molecule has 0 spiro atoms. The third-order valence-corrected chi connectivity index (χ3v) is 4.01. The molecule has 0 aliphatic carbocycles. The Labute approximate surface area is 143 Å². The van der Waals surface area contributed by atoms with Crippen LogP contribution in [0, 0.1) is 0 Å². The van der Waals surface area contributed by atoms with Crippen LogP contribution in [0.4, 0.5) is 0 Å². The van der Waals surface area contributed by atoms with Gasteiger partial charge in [0.15, 0.2) is 11.5 Å². The molecular weight excluding hydrogens is 300 g/mol. The highest BCUT2D eigenvalue weighted by Gasteiger charge is 2.04. The van der Waals surface area contributed by atoms with Gasteiger partial charge in [0, 0.05) is 0 Å². The van der Waals surface area contributed by atoms with Crippen molar-refractivity contribution >= 4 is 0 Å². The fourth-order valence-electron chi connectivity index (χ4n) is 2.56. The van der Waals surface area contributed by atoms with Crippen LogP contribution >= 0.6 is 0 Å². The molecule has 3 heteroatoms. The largest absolute Gasteiger partial charge is 0.508 e. The van der Waals surface area contributed by atoms with Crippen molar-refractivity contribution in [3.05, 3.63) is 77.9 Å². The molecule has 0 saturated heterocycles. The molecule has 3 N–H and O–H groups in total. The molecular formula is C21H24O3. The Kier molecular flexibility index (Phi) is 6.07. The van der Waals surface area contributed by atoms with Crippen LogP contribution < -0.4 is 0 Å². The average molecular weight is 324 g/mol. The summed E-state index contributed by atoms with van der Waals surface area (Å²) in [6.07, 6.45) is 4.19. The van der Waals surface area contributed by atoms with Gasteiger partial charge in [0.1, 0.15) is 5.75 Å². The lowest BCUT2D eigenvalue weighted by Gasteiger charge is -2.10. The molecule has 2 aromatic carbocycles. The maximum Gasteiger partial charge on any atom is 0.157 e. The lowest BCUT2D eigenvalue weighted by atomic mass is 9.97. The van der Waals surface area contributed by atoms with Gasteiger partial charge >= 0.3 is 0 Å². The molecule has 0 bridgehead atoms. The van der Waals surface area contributed by atoms with E-state index >= 15 is 0 Å². The van der Waals surface area contributed by atoms with Gasteiger partial charge in [-0.15, -0.1) is 0 Å². The number of hydrogen-bond acceptors (Lipinski definition) is 3. The summed E-state index contributed by atoms with van der Waals surface area (Å²) in [6.45, 7) is 8.24. The molecule has 0 aliphatic heterocycles. The van der Waals surface area contributed by atoms with Gasteiger partial charge in [0.25, 0.3) is 0 Å². The summed E-state index contributed by atoms with van der Waals surface area (Å²) in [6, 6.07) is 12.1. The number of aromatic hydroxyl groups is 3. The van der Waals surface area contributed by atoms with E-state index in [2.05, 4.69) is 13.2 Å². The molecule has 0 atom stereocenters. The number of aryl methyl sites for hydroxylation is 2. The van der Waals surface area contributed by atoms with Crippen molar-refractivity contribution in [1.29, 1.82) is 0 Å². The fourth-order valence-corrected chi connectivity index (χ4v) is 2.56. The van der Waals surface area contributed by atoms with Crippen molar-refractivity contribution in [2.24, 2.45) is 0 Å². The van der Waals surface area contributed by atoms with Crippen LogP contribution in [0.15, 0.2) is 66.8 Å². The Morgan fingerprint density at radius 1 is 0.708 bits per heavy atom. The molecule has 2 rings (SSSR count). The first kappa shape index (κ1) is 17.7. The second-order valence-electron chi connectivity index (χ2n) is 6.17. The minimum absolute atomic E-state index is 0.0866. The van der Waals surface area contributed by atoms with Crippen molar-refractivity contribution in [3.8, 4) is 17.2 Å². The lowest BCUT2D eigenvalue weighted by molar-refractivity contribution is 0.403. The Morgan fingerprint density at radius 2 is 1.25 bits per heavy atom. The summed E-state index contributed by atoms with van der Waals surface area (Å²) in [5.41, 5.74) is 4.40. The van der Waals surface area contributed by atoms with Crippen LogP contribution in [0.5, 0.6) is 17.2 Å². The molecule has 0 fully saturated rings. The molecule has 0 saturated carbocycles. The smallest absolute Gasteiger partial charge is 0.157 e. The summed E-state index contributed by atoms with van der Waals surface area (Å²) in [4.78, 5) is 0. The molecule has 0 amide bonds. The Balaban J connectivity index is 1.74. The summed E-state index contributed by atoms with van der Waals surface area (Å²) in [5.74, 6) is 0.0998. The van der Waals surface area contributed by atoms with Crippen molar-refractivity contribution < 1.29 is 15.3 Å². The predicted molar refractivity (Wildman–Crippen MR) is 97.4 cm³/mol. The monoisotopic (exact) mass is 324 g/mol. The minimum atomic E-state index is -0.0971. The molecule has 126 valence electrons. The van der Waals surface area contributed by atoms with Gasteiger partial charge in [-0.05, 0) is 67.5 Å². The maximum atomic E-state index is 9.50. The Hall–Kier alpha value is -2.68. The SMILES string of the molecule is C=C(CCc1ccc(O)cc1)CC(=C)CCc1ccc(O)c(O)c1. The highest BCUT2D eigenvalue weighted by molar-refractivity contribution is 5.40. The molecule has 0 aromatic heterocycles. The van der Waals surface area contributed by atoms with Gasteiger partial charge < -0.3 is 15.3 Å². The van der Waals surface area contributed by atoms with Crippen LogP contribution in [0.3, 0.4) is 0 Å². The fraction of sp³-hybridized carbons (Fsp3) is 0.238. The molecule has 0 aliphatic rings. The van der Waals surface area contributed by atoms with E-state index in [4.69, 9.17) is 0 Å². The number of phenolic OH excluding ortho intramolecular Hbond substituents is 3. The van der Waals surface area contributed by atoms with Crippen molar-refractivity contribution in [3.63, 3.8) is 0 Å². The number of hydrogen-bond donors (Lipinski definition) is 3. The highest BCUT2D eigenvalue weighted by Crippen LogP contribution is 2.26. The van der Waals surface area contributed by atoms with E-state index in [-0.39, 0.29) is 17.2 Å². The first-order valence-electron chi connectivity index (χ1n) is 8.06. The van der Waals surface area contributed by atoms with Crippen LogP contribution in [0.25, 0.3) is 0 Å². The number of allylic oxidation sites excluding steroid dienone is 2. The van der Waals surface area contributed by atoms with E-state index < -0.39 is 0 Å². The molecule has 0 radical (unpaired) electrons. The van der Waals surface area contributed by atoms with Gasteiger partial charge in [-0.2, -0.15) is 0 Å². The molecule has 24 heavy (non-hydrogen) atoms. The zero-order valence-electron chi connectivity index (χ0n) is 13.8. The molecule has 0 heterocycles. The average Bonchev–Trinajstić information content (AvgIpc) is 2.55. The van der Waals surface area contributed by atoms with E-state index in [0.29, 0.717) is 0 Å². The lowest BCUT2D eigenvalue weighted by Crippen LogP contribution is -1.93. The van der Waals surface area contributed by atoms with Crippen molar-refractivity contribution in [1.82, 2.24) is 0 Å². The molecule has 2 aromatic rings. The standard InChI is InChI=1S/C21H24O3/c1-15(3-5-17-7-10-19(22)11-8-17)13-16(2)4-6-18-9-12-20(23)21(24)14-18/h7-12,14,22-24H,1-6,13H2. The molecule has 3 nitrogen and oxygen atoms in total. The maximum absolute atomic E-state index is 9.50. The van der Waals surface area contributed by atoms with Crippen molar-refractivity contribution in [2.75, 3.05) is 0 Å². The van der Waals surface area contributed by atoms with Gasteiger partial charge in [0.2, 0.25) is 0 Å². The predicted octanol–water partition coefficient (Wildman–Crippen LogP) is 4.87. The van der Waals surface area contributed by atoms with Gasteiger partial charge in [-0.25, -0.2) is 0 Å². The van der Waals surface area contributed by atoms with E-state index in [1.165, 1.54) is 11.6 Å². The Morgan fingerprint density at radius 3 is 1.83 bits per heavy atom. The van der Waals surface area contributed by atoms with E-state index in [1.807, 2.05) is 18.2 Å². The first-order valence-corrected chi connectivity index (χ1v) is 8.06. The minimum Gasteiger partial charge on any atom is -0.508 e. The van der Waals surface area contributed by atoms with Crippen LogP contribution in [-0.4, -0.2) is 15.3 Å². The zero-order valence-corrected chi connectivity index (χ0v) is 13.8. The van der Waals surface area contributed by atoms with E-state index in [1.54, 1.807) is 18.2 Å². The van der Waals surface area contributed by atoms with Crippen LogP contribution in [0.1, 0.15) is 30.4 Å². The second-order valence-corrected chi connectivity index (χ2v) is 6.17. The van der Waals surface area contributed by atoms with Gasteiger partial charge in [-0.3, -0.25) is 0 Å². The quantitative estimate of drug-likeness (QED) is 0.479. The van der Waals surface area contributed by atoms with Gasteiger partial charge in [0.05, 0.1) is 0 Å². The van der Waals surface area contributed by atoms with Crippen molar-refractivity contribution in [2.45, 2.75) is 32.1 Å². The first-order chi connectivity index (χ1) is 11.4. The highest BCUT2D eigenvalue weighted by atomic mass is 16.3. The normalized spacial score (nSPS) is 10.5. The topological polar surface area (TPSA) is 60.7 Å². The third kappa shape index (κ3) is 5.51. The summed E-state index contributed by atoms with van der Waals surface area (Å²) < 4.78 is 0. The number of benzene rings is 2. The Bertz CT molecular complexity index is 714.